The molecule has 0 spiro atoms. The fraction of sp³-hybridized carbons (Fsp3) is 0.440. The van der Waals surface area contributed by atoms with Crippen LogP contribution in [0.15, 0.2) is 57.4 Å². The van der Waals surface area contributed by atoms with Crippen LogP contribution in [-0.4, -0.2) is 65.5 Å². The van der Waals surface area contributed by atoms with Crippen molar-refractivity contribution in [1.82, 2.24) is 4.31 Å². The SMILES string of the molecule is CCOC(=O)C1CCCCN1S(=O)(=O)c1ccc(S(=O)(=O)Oc2cc(C)cc(OCCCON=C(N)N)c2)cc1.Cl. The normalized spacial score (nSPS) is 15.7. The first kappa shape index (κ1) is 33.9. The summed E-state index contributed by atoms with van der Waals surface area (Å²) in [6.45, 7) is 4.17. The first-order valence-corrected chi connectivity index (χ1v) is 15.5. The number of sulfonamides is 1. The number of aryl methyl sites for hydroxylation is 1. The summed E-state index contributed by atoms with van der Waals surface area (Å²) in [6.07, 6.45) is 2.12. The van der Waals surface area contributed by atoms with Gasteiger partial charge in [0.15, 0.2) is 0 Å². The highest BCUT2D eigenvalue weighted by Crippen LogP contribution is 2.29. The molecule has 1 fully saturated rings. The van der Waals surface area contributed by atoms with Gasteiger partial charge in [0.2, 0.25) is 16.0 Å². The highest BCUT2D eigenvalue weighted by molar-refractivity contribution is 7.89. The maximum absolute atomic E-state index is 13.3. The lowest BCUT2D eigenvalue weighted by Gasteiger charge is -2.32. The van der Waals surface area contributed by atoms with E-state index in [4.69, 9.17) is 30.0 Å². The minimum absolute atomic E-state index is 0. The molecule has 4 N–H and O–H groups in total. The van der Waals surface area contributed by atoms with E-state index in [1.165, 1.54) is 24.3 Å². The summed E-state index contributed by atoms with van der Waals surface area (Å²) in [4.78, 5) is 16.9. The van der Waals surface area contributed by atoms with Gasteiger partial charge in [-0.05, 0) is 80.2 Å². The summed E-state index contributed by atoms with van der Waals surface area (Å²) in [5.41, 5.74) is 11.0. The molecular formula is C25H35ClN4O9S2. The Hall–Kier alpha value is -3.27. The van der Waals surface area contributed by atoms with Crippen molar-refractivity contribution in [2.24, 2.45) is 16.6 Å². The molecule has 0 aromatic heterocycles. The van der Waals surface area contributed by atoms with Crippen molar-refractivity contribution in [2.45, 2.75) is 55.4 Å². The molecule has 1 atom stereocenters. The second-order valence-corrected chi connectivity index (χ2v) is 12.4. The molecule has 1 aliphatic heterocycles. The van der Waals surface area contributed by atoms with Crippen molar-refractivity contribution >= 4 is 44.5 Å². The number of ether oxygens (including phenoxy) is 2. The van der Waals surface area contributed by atoms with Gasteiger partial charge < -0.3 is 30.0 Å². The van der Waals surface area contributed by atoms with Gasteiger partial charge >= 0.3 is 16.1 Å². The van der Waals surface area contributed by atoms with E-state index >= 15 is 0 Å². The third-order valence-electron chi connectivity index (χ3n) is 5.78. The van der Waals surface area contributed by atoms with E-state index in [-0.39, 0.29) is 60.3 Å². The molecule has 0 bridgehead atoms. The van der Waals surface area contributed by atoms with Gasteiger partial charge in [-0.1, -0.05) is 0 Å². The molecule has 1 saturated heterocycles. The Morgan fingerprint density at radius 1 is 1.00 bits per heavy atom. The summed E-state index contributed by atoms with van der Waals surface area (Å²) in [5, 5.41) is 3.40. The molecule has 2 aromatic rings. The Kier molecular flexibility index (Phi) is 12.5. The second kappa shape index (κ2) is 15.1. The van der Waals surface area contributed by atoms with Gasteiger partial charge in [-0.15, -0.1) is 12.4 Å². The monoisotopic (exact) mass is 634 g/mol. The lowest BCUT2D eigenvalue weighted by molar-refractivity contribution is -0.148. The molecule has 13 nitrogen and oxygen atoms in total. The molecule has 16 heteroatoms. The van der Waals surface area contributed by atoms with Gasteiger partial charge in [0.25, 0.3) is 0 Å². The van der Waals surface area contributed by atoms with E-state index in [0.29, 0.717) is 37.0 Å². The smallest absolute Gasteiger partial charge is 0.339 e. The molecule has 0 amide bonds. The maximum Gasteiger partial charge on any atom is 0.339 e. The molecule has 0 aliphatic carbocycles. The van der Waals surface area contributed by atoms with Crippen LogP contribution >= 0.6 is 12.4 Å². The molecule has 41 heavy (non-hydrogen) atoms. The molecular weight excluding hydrogens is 600 g/mol. The predicted molar refractivity (Wildman–Crippen MR) is 153 cm³/mol. The Bertz CT molecular complexity index is 1420. The van der Waals surface area contributed by atoms with Crippen LogP contribution in [0.25, 0.3) is 0 Å². The number of halogens is 1. The van der Waals surface area contributed by atoms with Crippen LogP contribution in [0.3, 0.4) is 0 Å². The largest absolute Gasteiger partial charge is 0.493 e. The van der Waals surface area contributed by atoms with Crippen molar-refractivity contribution in [2.75, 3.05) is 26.4 Å². The predicted octanol–water partition coefficient (Wildman–Crippen LogP) is 2.26. The van der Waals surface area contributed by atoms with E-state index in [1.807, 2.05) is 0 Å². The summed E-state index contributed by atoms with van der Waals surface area (Å²) >= 11 is 0. The lowest BCUT2D eigenvalue weighted by Crippen LogP contribution is -2.48. The first-order valence-electron chi connectivity index (χ1n) is 12.6. The third-order valence-corrected chi connectivity index (χ3v) is 8.96. The molecule has 1 unspecified atom stereocenters. The number of piperidine rings is 1. The number of nitrogens with zero attached hydrogens (tertiary/aromatic N) is 2. The number of nitrogens with two attached hydrogens (primary N) is 2. The fourth-order valence-electron chi connectivity index (χ4n) is 4.03. The average Bonchev–Trinajstić information content (AvgIpc) is 2.90. The number of esters is 1. The van der Waals surface area contributed by atoms with E-state index in [0.717, 1.165) is 16.4 Å². The van der Waals surface area contributed by atoms with Gasteiger partial charge in [-0.25, -0.2) is 8.42 Å². The standard InChI is InChI=1S/C25H34N4O9S2.ClH/c1-3-35-24(30)23-7-4-5-12-29(23)39(31,32)21-8-10-22(11-9-21)40(33,34)38-20-16-18(2)15-19(17-20)36-13-6-14-37-28-25(26)27;/h8-11,15-17,23H,3-7,12-14H2,1-2H3,(H4,26,27,28);1H. The highest BCUT2D eigenvalue weighted by Gasteiger charge is 2.38. The van der Waals surface area contributed by atoms with Gasteiger partial charge in [-0.2, -0.15) is 12.7 Å². The number of hydrogen-bond donors (Lipinski definition) is 2. The lowest BCUT2D eigenvalue weighted by atomic mass is 10.1. The van der Waals surface area contributed by atoms with Crippen LogP contribution < -0.4 is 20.4 Å². The molecule has 0 saturated carbocycles. The van der Waals surface area contributed by atoms with Crippen LogP contribution in [0.2, 0.25) is 0 Å². The van der Waals surface area contributed by atoms with E-state index in [9.17, 15) is 21.6 Å². The minimum atomic E-state index is -4.30. The van der Waals surface area contributed by atoms with E-state index in [2.05, 4.69) is 5.16 Å². The molecule has 1 heterocycles. The Labute approximate surface area is 246 Å². The summed E-state index contributed by atoms with van der Waals surface area (Å²) in [7, 11) is -8.38. The van der Waals surface area contributed by atoms with Crippen LogP contribution in [-0.2, 0) is 34.5 Å². The summed E-state index contributed by atoms with van der Waals surface area (Å²) in [6, 6.07) is 8.39. The quantitative estimate of drug-likeness (QED) is 0.0820. The summed E-state index contributed by atoms with van der Waals surface area (Å²) in [5.74, 6) is -0.386. The van der Waals surface area contributed by atoms with Gasteiger partial charge in [0.05, 0.1) is 18.1 Å². The van der Waals surface area contributed by atoms with Gasteiger partial charge in [0, 0.05) is 19.0 Å². The number of carbonyl (C=O) groups excluding carboxylic acids is 1. The number of benzene rings is 2. The summed E-state index contributed by atoms with van der Waals surface area (Å²) < 4.78 is 69.6. The molecule has 1 aliphatic rings. The number of carbonyl (C=O) groups is 1. The van der Waals surface area contributed by atoms with Crippen molar-refractivity contribution in [3.8, 4) is 11.5 Å². The third kappa shape index (κ3) is 9.38. The van der Waals surface area contributed by atoms with Gasteiger partial charge in [0.1, 0.15) is 29.0 Å². The number of hydrogen-bond acceptors (Lipinski definition) is 10. The number of rotatable bonds is 13. The van der Waals surface area contributed by atoms with Crippen molar-refractivity contribution in [3.05, 3.63) is 48.0 Å². The van der Waals surface area contributed by atoms with E-state index < -0.39 is 32.2 Å². The zero-order chi connectivity index (χ0) is 29.3. The van der Waals surface area contributed by atoms with Crippen molar-refractivity contribution in [3.63, 3.8) is 0 Å². The first-order chi connectivity index (χ1) is 18.9. The zero-order valence-corrected chi connectivity index (χ0v) is 25.2. The van der Waals surface area contributed by atoms with Crippen molar-refractivity contribution < 1.29 is 40.1 Å². The Balaban J connectivity index is 0.00000588. The van der Waals surface area contributed by atoms with Crippen LogP contribution in [0.1, 0.15) is 38.2 Å². The molecule has 0 radical (unpaired) electrons. The zero-order valence-electron chi connectivity index (χ0n) is 22.7. The van der Waals surface area contributed by atoms with E-state index in [1.54, 1.807) is 19.9 Å². The van der Waals surface area contributed by atoms with Crippen LogP contribution in [0.5, 0.6) is 11.5 Å². The van der Waals surface area contributed by atoms with Crippen LogP contribution in [0, 0.1) is 6.92 Å². The minimum Gasteiger partial charge on any atom is -0.493 e. The number of oxime groups is 1. The Morgan fingerprint density at radius 2 is 1.66 bits per heavy atom. The average molecular weight is 635 g/mol. The highest BCUT2D eigenvalue weighted by atomic mass is 35.5. The molecule has 228 valence electrons. The second-order valence-electron chi connectivity index (χ2n) is 8.92. The van der Waals surface area contributed by atoms with Gasteiger partial charge in [-0.3, -0.25) is 4.79 Å². The molecule has 2 aromatic carbocycles. The fourth-order valence-corrected chi connectivity index (χ4v) is 6.60. The molecule has 3 rings (SSSR count). The van der Waals surface area contributed by atoms with Crippen LogP contribution in [0.4, 0.5) is 0 Å². The maximum atomic E-state index is 13.3. The Morgan fingerprint density at radius 3 is 2.32 bits per heavy atom. The number of guanidine groups is 1. The topological polar surface area (TPSA) is 190 Å². The van der Waals surface area contributed by atoms with Crippen molar-refractivity contribution in [1.29, 1.82) is 0 Å².